The molecule has 0 saturated heterocycles. The van der Waals surface area contributed by atoms with Gasteiger partial charge in [0, 0.05) is 30.4 Å². The fourth-order valence-electron chi connectivity index (χ4n) is 2.63. The lowest BCUT2D eigenvalue weighted by Crippen LogP contribution is -2.38. The van der Waals surface area contributed by atoms with Gasteiger partial charge in [-0.15, -0.1) is 0 Å². The number of hydrogen-bond donors (Lipinski definition) is 2. The van der Waals surface area contributed by atoms with Crippen molar-refractivity contribution in [3.05, 3.63) is 59.4 Å². The smallest absolute Gasteiger partial charge is 0.282 e. The van der Waals surface area contributed by atoms with Gasteiger partial charge in [-0.25, -0.2) is 18.8 Å². The van der Waals surface area contributed by atoms with Crippen LogP contribution in [0.5, 0.6) is 0 Å². The highest BCUT2D eigenvalue weighted by Gasteiger charge is 2.35. The van der Waals surface area contributed by atoms with Crippen molar-refractivity contribution in [3.8, 4) is 0 Å². The van der Waals surface area contributed by atoms with Crippen LogP contribution in [0, 0.1) is 11.6 Å². The van der Waals surface area contributed by atoms with Crippen molar-refractivity contribution >= 4 is 17.6 Å². The van der Waals surface area contributed by atoms with E-state index in [9.17, 15) is 13.6 Å². The number of halogens is 2. The van der Waals surface area contributed by atoms with Crippen molar-refractivity contribution in [3.63, 3.8) is 0 Å². The van der Waals surface area contributed by atoms with Crippen molar-refractivity contribution in [1.29, 1.82) is 0 Å². The minimum atomic E-state index is -1.01. The molecule has 0 aliphatic carbocycles. The second-order valence-electron chi connectivity index (χ2n) is 5.79. The summed E-state index contributed by atoms with van der Waals surface area (Å²) in [5, 5.41) is 2.51. The average molecular weight is 346 g/mol. The number of carbonyl (C=O) groups is 1. The molecule has 25 heavy (non-hydrogen) atoms. The number of aromatic nitrogens is 1. The topological polar surface area (TPSA) is 89.6 Å². The van der Waals surface area contributed by atoms with Crippen molar-refractivity contribution in [2.24, 2.45) is 10.7 Å². The first-order chi connectivity index (χ1) is 11.9. The molecule has 1 amide bonds. The monoisotopic (exact) mass is 346 g/mol. The molecule has 6 nitrogen and oxygen atoms in total. The quantitative estimate of drug-likeness (QED) is 0.894. The molecule has 1 aliphatic heterocycles. The number of rotatable bonds is 3. The highest BCUT2D eigenvalue weighted by molar-refractivity contribution is 6.03. The Balaban J connectivity index is 1.88. The third-order valence-electron chi connectivity index (χ3n) is 3.95. The van der Waals surface area contributed by atoms with Gasteiger partial charge in [-0.1, -0.05) is 0 Å². The third-order valence-corrected chi connectivity index (χ3v) is 3.95. The number of nitrogens with one attached hydrogen (secondary N) is 1. The molecule has 0 radical (unpaired) electrons. The molecule has 2 aromatic rings. The number of pyridine rings is 1. The number of benzene rings is 1. The predicted molar refractivity (Wildman–Crippen MR) is 88.1 cm³/mol. The molecule has 8 heteroatoms. The highest BCUT2D eigenvalue weighted by Crippen LogP contribution is 2.34. The van der Waals surface area contributed by atoms with E-state index in [1.807, 2.05) is 0 Å². The van der Waals surface area contributed by atoms with E-state index in [-0.39, 0.29) is 23.0 Å². The summed E-state index contributed by atoms with van der Waals surface area (Å²) in [6.07, 6.45) is 1.74. The molecule has 3 rings (SSSR count). The van der Waals surface area contributed by atoms with Crippen molar-refractivity contribution < 1.29 is 18.3 Å². The number of nitrogens with zero attached hydrogens (tertiary/aromatic N) is 2. The van der Waals surface area contributed by atoms with E-state index < -0.39 is 23.1 Å². The van der Waals surface area contributed by atoms with Gasteiger partial charge < -0.3 is 15.8 Å². The second kappa shape index (κ2) is 6.46. The first-order valence-corrected chi connectivity index (χ1v) is 7.60. The number of hydrogen-bond acceptors (Lipinski definition) is 5. The van der Waals surface area contributed by atoms with E-state index in [1.54, 1.807) is 6.92 Å². The average Bonchev–Trinajstić information content (AvgIpc) is 2.56. The van der Waals surface area contributed by atoms with Gasteiger partial charge in [0.1, 0.15) is 11.4 Å². The Morgan fingerprint density at radius 1 is 1.32 bits per heavy atom. The third kappa shape index (κ3) is 3.42. The zero-order valence-corrected chi connectivity index (χ0v) is 13.4. The van der Waals surface area contributed by atoms with Crippen LogP contribution in [-0.4, -0.2) is 23.5 Å². The number of aliphatic imine (C=N–C) groups is 1. The van der Waals surface area contributed by atoms with Crippen LogP contribution in [0.2, 0.25) is 0 Å². The lowest BCUT2D eigenvalue weighted by molar-refractivity contribution is 0.0482. The molecule has 1 atom stereocenters. The Kier molecular flexibility index (Phi) is 4.35. The minimum Gasteiger partial charge on any atom is -0.454 e. The van der Waals surface area contributed by atoms with E-state index in [1.165, 1.54) is 30.5 Å². The first-order valence-electron chi connectivity index (χ1n) is 7.60. The normalized spacial score (nSPS) is 19.7. The number of anilines is 1. The first kappa shape index (κ1) is 16.8. The molecule has 130 valence electrons. The highest BCUT2D eigenvalue weighted by atomic mass is 19.1. The zero-order chi connectivity index (χ0) is 18.0. The molecule has 0 saturated carbocycles. The molecule has 0 bridgehead atoms. The van der Waals surface area contributed by atoms with E-state index in [2.05, 4.69) is 15.3 Å². The molecule has 2 heterocycles. The largest absolute Gasteiger partial charge is 0.454 e. The summed E-state index contributed by atoms with van der Waals surface area (Å²) < 4.78 is 33.5. The Morgan fingerprint density at radius 3 is 2.84 bits per heavy atom. The fraction of sp³-hybridized carbons (Fsp3) is 0.235. The van der Waals surface area contributed by atoms with Crippen molar-refractivity contribution in [2.75, 3.05) is 11.9 Å². The molecule has 3 N–H and O–H groups in total. The van der Waals surface area contributed by atoms with Crippen LogP contribution in [0.4, 0.5) is 14.5 Å². The van der Waals surface area contributed by atoms with Gasteiger partial charge in [-0.2, -0.15) is 0 Å². The van der Waals surface area contributed by atoms with Crippen molar-refractivity contribution in [1.82, 2.24) is 4.98 Å². The number of ether oxygens (including phenoxy) is 1. The van der Waals surface area contributed by atoms with Gasteiger partial charge in [0.15, 0.2) is 11.5 Å². The van der Waals surface area contributed by atoms with Crippen LogP contribution < -0.4 is 11.1 Å². The van der Waals surface area contributed by atoms with E-state index in [4.69, 9.17) is 10.5 Å². The Labute approximate surface area is 142 Å². The van der Waals surface area contributed by atoms with Gasteiger partial charge in [-0.3, -0.25) is 4.79 Å². The van der Waals surface area contributed by atoms with Crippen LogP contribution in [0.15, 0.2) is 41.5 Å². The molecular weight excluding hydrogens is 330 g/mol. The number of nitrogens with two attached hydrogens (primary N) is 1. The molecule has 1 aliphatic rings. The van der Waals surface area contributed by atoms with Gasteiger partial charge in [0.25, 0.3) is 11.9 Å². The summed E-state index contributed by atoms with van der Waals surface area (Å²) in [5.74, 6) is -1.97. The maximum Gasteiger partial charge on any atom is 0.282 e. The maximum atomic E-state index is 14.3. The number of amidine groups is 1. The SMILES string of the molecule is C[C@@]1(c2cc(NC(=O)c3ncccc3F)ccc2F)CCN=C(N)O1. The second-order valence-corrected chi connectivity index (χ2v) is 5.79. The molecule has 1 aromatic heterocycles. The molecule has 0 spiro atoms. The maximum absolute atomic E-state index is 14.3. The summed E-state index contributed by atoms with van der Waals surface area (Å²) >= 11 is 0. The van der Waals surface area contributed by atoms with Crippen LogP contribution in [-0.2, 0) is 10.3 Å². The molecule has 0 unspecified atom stereocenters. The Hall–Kier alpha value is -3.03. The van der Waals surface area contributed by atoms with E-state index in [0.29, 0.717) is 13.0 Å². The lowest BCUT2D eigenvalue weighted by Gasteiger charge is -2.33. The molecular formula is C17H16F2N4O2. The Morgan fingerprint density at radius 2 is 2.12 bits per heavy atom. The van der Waals surface area contributed by atoms with E-state index in [0.717, 1.165) is 6.07 Å². The summed E-state index contributed by atoms with van der Waals surface area (Å²) in [4.78, 5) is 19.8. The van der Waals surface area contributed by atoms with E-state index >= 15 is 0 Å². The zero-order valence-electron chi connectivity index (χ0n) is 13.4. The van der Waals surface area contributed by atoms with Crippen LogP contribution >= 0.6 is 0 Å². The van der Waals surface area contributed by atoms with Crippen LogP contribution in [0.3, 0.4) is 0 Å². The number of carbonyl (C=O) groups excluding carboxylic acids is 1. The standard InChI is InChI=1S/C17H16F2N4O2/c1-17(6-8-22-16(20)25-17)11-9-10(4-5-12(11)18)23-15(24)14-13(19)3-2-7-21-14/h2-5,7,9H,6,8H2,1H3,(H2,20,22)(H,23,24)/t17-/m0/s1. The van der Waals surface area contributed by atoms with Crippen LogP contribution in [0.1, 0.15) is 29.4 Å². The molecule has 0 fully saturated rings. The minimum absolute atomic E-state index is 0.0156. The summed E-state index contributed by atoms with van der Waals surface area (Å²) in [6.45, 7) is 2.09. The molecule has 1 aromatic carbocycles. The van der Waals surface area contributed by atoms with Crippen LogP contribution in [0.25, 0.3) is 0 Å². The van der Waals surface area contributed by atoms with Gasteiger partial charge in [0.05, 0.1) is 0 Å². The lowest BCUT2D eigenvalue weighted by atomic mass is 9.90. The summed E-state index contributed by atoms with van der Waals surface area (Å²) in [5.41, 5.74) is 4.76. The Bertz CT molecular complexity index is 856. The van der Waals surface area contributed by atoms with Crippen molar-refractivity contribution in [2.45, 2.75) is 18.9 Å². The van der Waals surface area contributed by atoms with Gasteiger partial charge in [-0.05, 0) is 37.3 Å². The number of amides is 1. The predicted octanol–water partition coefficient (Wildman–Crippen LogP) is 2.56. The van der Waals surface area contributed by atoms with Gasteiger partial charge in [0.2, 0.25) is 0 Å². The van der Waals surface area contributed by atoms with Gasteiger partial charge >= 0.3 is 0 Å². The summed E-state index contributed by atoms with van der Waals surface area (Å²) in [6, 6.07) is 6.52. The fourth-order valence-corrected chi connectivity index (χ4v) is 2.63. The summed E-state index contributed by atoms with van der Waals surface area (Å²) in [7, 11) is 0.